The Balaban J connectivity index is 1.29. The molecule has 1 aromatic heterocycles. The molecule has 0 saturated carbocycles. The molecule has 0 saturated heterocycles. The Morgan fingerprint density at radius 2 is 1.76 bits per heavy atom. The van der Waals surface area contributed by atoms with Crippen LogP contribution in [0.2, 0.25) is 5.02 Å². The minimum atomic E-state index is -0.175. The molecular formula is C25H19ClN4O2S. The number of carbonyl (C=O) groups is 1. The lowest BCUT2D eigenvalue weighted by molar-refractivity contribution is -0.113. The topological polar surface area (TPSA) is 80.4 Å². The van der Waals surface area contributed by atoms with Crippen LogP contribution in [0.25, 0.3) is 17.5 Å². The number of aromatic nitrogens is 2. The minimum absolute atomic E-state index is 0.147. The van der Waals surface area contributed by atoms with Gasteiger partial charge in [-0.05, 0) is 60.2 Å². The van der Waals surface area contributed by atoms with E-state index in [0.29, 0.717) is 21.8 Å². The smallest absolute Gasteiger partial charge is 0.277 e. The van der Waals surface area contributed by atoms with Crippen LogP contribution in [0.1, 0.15) is 5.56 Å². The third-order valence-corrected chi connectivity index (χ3v) is 5.44. The number of nitrogens with one attached hydrogen (secondary N) is 1. The number of halogens is 1. The van der Waals surface area contributed by atoms with Gasteiger partial charge in [0.15, 0.2) is 0 Å². The number of amides is 1. The van der Waals surface area contributed by atoms with Gasteiger partial charge in [0.1, 0.15) is 0 Å². The Kier molecular flexibility index (Phi) is 7.68. The van der Waals surface area contributed by atoms with Gasteiger partial charge in [0.2, 0.25) is 11.8 Å². The van der Waals surface area contributed by atoms with E-state index in [0.717, 1.165) is 16.8 Å². The van der Waals surface area contributed by atoms with Crippen molar-refractivity contribution in [1.29, 1.82) is 0 Å². The van der Waals surface area contributed by atoms with Crippen molar-refractivity contribution in [3.8, 4) is 11.5 Å². The molecule has 0 spiro atoms. The van der Waals surface area contributed by atoms with Crippen molar-refractivity contribution in [3.05, 3.63) is 95.5 Å². The summed E-state index contributed by atoms with van der Waals surface area (Å²) < 4.78 is 5.67. The lowest BCUT2D eigenvalue weighted by Crippen LogP contribution is -2.13. The lowest BCUT2D eigenvalue weighted by atomic mass is 10.2. The van der Waals surface area contributed by atoms with E-state index >= 15 is 0 Å². The first-order chi connectivity index (χ1) is 16.2. The largest absolute Gasteiger partial charge is 0.411 e. The van der Waals surface area contributed by atoms with Crippen molar-refractivity contribution in [3.63, 3.8) is 0 Å². The molecular weight excluding hydrogens is 456 g/mol. The first-order valence-electron chi connectivity index (χ1n) is 10.0. The third kappa shape index (κ3) is 6.90. The monoisotopic (exact) mass is 474 g/mol. The van der Waals surface area contributed by atoms with Gasteiger partial charge in [-0.25, -0.2) is 0 Å². The quantitative estimate of drug-likeness (QED) is 0.232. The number of aliphatic imine (C=N–C) groups is 1. The molecule has 0 aliphatic heterocycles. The Hall–Kier alpha value is -3.68. The van der Waals surface area contributed by atoms with Gasteiger partial charge in [-0.2, -0.15) is 0 Å². The summed E-state index contributed by atoms with van der Waals surface area (Å²) in [5.41, 5.74) is 3.38. The number of anilines is 1. The van der Waals surface area contributed by atoms with Crippen molar-refractivity contribution in [2.75, 3.05) is 11.1 Å². The summed E-state index contributed by atoms with van der Waals surface area (Å²) in [4.78, 5) is 16.5. The highest BCUT2D eigenvalue weighted by atomic mass is 35.5. The maximum absolute atomic E-state index is 12.1. The second-order valence-electron chi connectivity index (χ2n) is 6.81. The van der Waals surface area contributed by atoms with Gasteiger partial charge in [-0.15, -0.1) is 10.2 Å². The molecule has 4 aromatic rings. The zero-order chi connectivity index (χ0) is 22.9. The standard InChI is InChI=1S/C25H19ClN4O2S/c26-20-10-14-22(15-11-20)28-23(31)17-33-25-30-29-24(32-25)19-8-12-21(13-9-19)27-16-4-7-18-5-2-1-3-6-18/h1-16H,17H2,(H,28,31)/b7-4+,27-16?. The fraction of sp³-hybridized carbons (Fsp3) is 0.0400. The van der Waals surface area contributed by atoms with E-state index in [-0.39, 0.29) is 11.7 Å². The normalized spacial score (nSPS) is 11.3. The third-order valence-electron chi connectivity index (χ3n) is 4.37. The van der Waals surface area contributed by atoms with Crippen LogP contribution in [0, 0.1) is 0 Å². The Labute approximate surface area is 200 Å². The van der Waals surface area contributed by atoms with E-state index in [2.05, 4.69) is 20.5 Å². The van der Waals surface area contributed by atoms with E-state index < -0.39 is 0 Å². The zero-order valence-electron chi connectivity index (χ0n) is 17.4. The number of hydrogen-bond acceptors (Lipinski definition) is 6. The second-order valence-corrected chi connectivity index (χ2v) is 8.17. The molecule has 0 aliphatic carbocycles. The molecule has 4 rings (SSSR count). The molecule has 164 valence electrons. The maximum atomic E-state index is 12.1. The predicted molar refractivity (Wildman–Crippen MR) is 134 cm³/mol. The molecule has 0 radical (unpaired) electrons. The number of carbonyl (C=O) groups excluding carboxylic acids is 1. The molecule has 0 unspecified atom stereocenters. The molecule has 0 aliphatic rings. The molecule has 3 aromatic carbocycles. The summed E-state index contributed by atoms with van der Waals surface area (Å²) in [5.74, 6) is 0.356. The van der Waals surface area contributed by atoms with E-state index in [4.69, 9.17) is 16.0 Å². The van der Waals surface area contributed by atoms with Crippen LogP contribution >= 0.6 is 23.4 Å². The zero-order valence-corrected chi connectivity index (χ0v) is 19.0. The highest BCUT2D eigenvalue weighted by molar-refractivity contribution is 7.99. The average molecular weight is 475 g/mol. The van der Waals surface area contributed by atoms with Gasteiger partial charge in [-0.1, -0.05) is 59.8 Å². The van der Waals surface area contributed by atoms with E-state index in [1.165, 1.54) is 11.8 Å². The highest BCUT2D eigenvalue weighted by Gasteiger charge is 2.11. The first kappa shape index (κ1) is 22.5. The van der Waals surface area contributed by atoms with Crippen LogP contribution in [0.4, 0.5) is 11.4 Å². The van der Waals surface area contributed by atoms with Crippen LogP contribution in [0.15, 0.2) is 99.6 Å². The summed E-state index contributed by atoms with van der Waals surface area (Å²) in [6.07, 6.45) is 5.64. The Bertz CT molecular complexity index is 1250. The maximum Gasteiger partial charge on any atom is 0.277 e. The summed E-state index contributed by atoms with van der Waals surface area (Å²) in [5, 5.41) is 11.8. The highest BCUT2D eigenvalue weighted by Crippen LogP contribution is 2.25. The fourth-order valence-electron chi connectivity index (χ4n) is 2.78. The van der Waals surface area contributed by atoms with Crippen LogP contribution in [0.5, 0.6) is 0 Å². The van der Waals surface area contributed by atoms with Crippen LogP contribution in [-0.4, -0.2) is 28.1 Å². The molecule has 33 heavy (non-hydrogen) atoms. The average Bonchev–Trinajstić information content (AvgIpc) is 3.32. The van der Waals surface area contributed by atoms with E-state index in [1.807, 2.05) is 66.7 Å². The van der Waals surface area contributed by atoms with Gasteiger partial charge >= 0.3 is 0 Å². The van der Waals surface area contributed by atoms with Crippen LogP contribution in [-0.2, 0) is 4.79 Å². The van der Waals surface area contributed by atoms with Crippen molar-refractivity contribution >= 4 is 52.9 Å². The second kappa shape index (κ2) is 11.3. The van der Waals surface area contributed by atoms with E-state index in [9.17, 15) is 4.79 Å². The van der Waals surface area contributed by atoms with Gasteiger partial charge < -0.3 is 9.73 Å². The molecule has 8 heteroatoms. The summed E-state index contributed by atoms with van der Waals surface area (Å²) in [7, 11) is 0. The summed E-state index contributed by atoms with van der Waals surface area (Å²) in [6.45, 7) is 0. The van der Waals surface area contributed by atoms with Crippen LogP contribution < -0.4 is 5.32 Å². The lowest BCUT2D eigenvalue weighted by Gasteiger charge is -2.03. The number of nitrogens with zero attached hydrogens (tertiary/aromatic N) is 3. The molecule has 1 heterocycles. The molecule has 0 atom stereocenters. The molecule has 1 amide bonds. The minimum Gasteiger partial charge on any atom is -0.411 e. The fourth-order valence-corrected chi connectivity index (χ4v) is 3.47. The van der Waals surface area contributed by atoms with Gasteiger partial charge in [0, 0.05) is 22.5 Å². The summed E-state index contributed by atoms with van der Waals surface area (Å²) in [6, 6.07) is 24.4. The number of rotatable bonds is 8. The van der Waals surface area contributed by atoms with Gasteiger partial charge in [-0.3, -0.25) is 9.79 Å². The van der Waals surface area contributed by atoms with Crippen LogP contribution in [0.3, 0.4) is 0 Å². The SMILES string of the molecule is O=C(CSc1nnc(-c2ccc(N=C/C=C/c3ccccc3)cc2)o1)Nc1ccc(Cl)cc1. The van der Waals surface area contributed by atoms with Gasteiger partial charge in [0.05, 0.1) is 11.4 Å². The molecule has 0 fully saturated rings. The molecule has 1 N–H and O–H groups in total. The molecule has 0 bridgehead atoms. The number of allylic oxidation sites excluding steroid dienone is 1. The Morgan fingerprint density at radius 3 is 2.52 bits per heavy atom. The van der Waals surface area contributed by atoms with Crippen molar-refractivity contribution in [1.82, 2.24) is 10.2 Å². The van der Waals surface area contributed by atoms with Crippen molar-refractivity contribution in [2.24, 2.45) is 4.99 Å². The molecule has 6 nitrogen and oxygen atoms in total. The van der Waals surface area contributed by atoms with E-state index in [1.54, 1.807) is 30.5 Å². The number of hydrogen-bond donors (Lipinski definition) is 1. The number of benzene rings is 3. The summed E-state index contributed by atoms with van der Waals surface area (Å²) >= 11 is 7.02. The first-order valence-corrected chi connectivity index (χ1v) is 11.4. The van der Waals surface area contributed by atoms with Gasteiger partial charge in [0.25, 0.3) is 5.22 Å². The van der Waals surface area contributed by atoms with Crippen molar-refractivity contribution < 1.29 is 9.21 Å². The Morgan fingerprint density at radius 1 is 1.00 bits per heavy atom. The predicted octanol–water partition coefficient (Wildman–Crippen LogP) is 6.54. The van der Waals surface area contributed by atoms with Crippen molar-refractivity contribution in [2.45, 2.75) is 5.22 Å². The number of thioether (sulfide) groups is 1.